The van der Waals surface area contributed by atoms with E-state index in [9.17, 15) is 4.79 Å². The summed E-state index contributed by atoms with van der Waals surface area (Å²) >= 11 is 0. The minimum Gasteiger partial charge on any atom is -0.497 e. The van der Waals surface area contributed by atoms with E-state index in [1.807, 2.05) is 55.5 Å². The number of primary amides is 1. The number of amides is 1. The molecule has 148 valence electrons. The number of carbonyl (C=O) groups excluding carboxylic acids is 1. The summed E-state index contributed by atoms with van der Waals surface area (Å²) in [4.78, 5) is 16.9. The lowest BCUT2D eigenvalue weighted by atomic mass is 9.95. The highest BCUT2D eigenvalue weighted by atomic mass is 16.5. The van der Waals surface area contributed by atoms with Crippen LogP contribution in [-0.2, 0) is 4.79 Å². The maximum Gasteiger partial charge on any atom is 0.248 e. The van der Waals surface area contributed by atoms with E-state index in [-0.39, 0.29) is 0 Å². The van der Waals surface area contributed by atoms with Gasteiger partial charge in [0.1, 0.15) is 17.5 Å². The molecule has 0 saturated heterocycles. The maximum atomic E-state index is 12.3. The van der Waals surface area contributed by atoms with E-state index in [1.165, 1.54) is 0 Å². The first-order valence-corrected chi connectivity index (χ1v) is 9.04. The van der Waals surface area contributed by atoms with Crippen molar-refractivity contribution >= 4 is 11.9 Å². The summed E-state index contributed by atoms with van der Waals surface area (Å²) in [6.07, 6.45) is 0. The van der Waals surface area contributed by atoms with Crippen molar-refractivity contribution in [3.8, 4) is 22.9 Å². The molecule has 8 nitrogen and oxygen atoms in total. The first-order chi connectivity index (χ1) is 14.0. The number of nitrogens with two attached hydrogens (primary N) is 1. The quantitative estimate of drug-likeness (QED) is 0.693. The lowest BCUT2D eigenvalue weighted by Gasteiger charge is -2.27. The van der Waals surface area contributed by atoms with Crippen LogP contribution in [0, 0.1) is 0 Å². The van der Waals surface area contributed by atoms with Gasteiger partial charge in [0.25, 0.3) is 0 Å². The zero-order valence-electron chi connectivity index (χ0n) is 16.3. The number of carbonyl (C=O) groups is 1. The molecule has 0 bridgehead atoms. The molecule has 1 amide bonds. The summed E-state index contributed by atoms with van der Waals surface area (Å²) in [5.41, 5.74) is 8.49. The molecule has 1 atom stereocenters. The largest absolute Gasteiger partial charge is 0.497 e. The molecule has 1 aliphatic rings. The van der Waals surface area contributed by atoms with Crippen molar-refractivity contribution in [2.75, 3.05) is 19.5 Å². The molecule has 2 aromatic carbocycles. The van der Waals surface area contributed by atoms with E-state index in [0.717, 1.165) is 22.6 Å². The second-order valence-corrected chi connectivity index (χ2v) is 6.64. The number of hydrogen-bond acceptors (Lipinski definition) is 6. The van der Waals surface area contributed by atoms with Crippen LogP contribution in [0.3, 0.4) is 0 Å². The number of ether oxygens (including phenoxy) is 2. The second-order valence-electron chi connectivity index (χ2n) is 6.64. The summed E-state index contributed by atoms with van der Waals surface area (Å²) in [5.74, 6) is 2.04. The summed E-state index contributed by atoms with van der Waals surface area (Å²) in [7, 11) is 3.22. The molecule has 29 heavy (non-hydrogen) atoms. The number of allylic oxidation sites excluding steroid dienone is 1. The fourth-order valence-corrected chi connectivity index (χ4v) is 3.43. The SMILES string of the molecule is COc1ccc(-c2nc3n(n2)[C@@H](c2ccc(OC)cc2)C(C(N)=O)=C(C)N3)cc1. The van der Waals surface area contributed by atoms with Crippen LogP contribution in [0.2, 0.25) is 0 Å². The third-order valence-corrected chi connectivity index (χ3v) is 4.90. The van der Waals surface area contributed by atoms with Crippen molar-refractivity contribution in [2.45, 2.75) is 13.0 Å². The van der Waals surface area contributed by atoms with Crippen molar-refractivity contribution in [3.05, 3.63) is 65.4 Å². The van der Waals surface area contributed by atoms with E-state index in [4.69, 9.17) is 15.2 Å². The highest BCUT2D eigenvalue weighted by Gasteiger charge is 2.33. The Bertz CT molecular complexity index is 1080. The standard InChI is InChI=1S/C21H21N5O3/c1-12-17(19(22)27)18(13-4-8-15(28-2)9-5-13)26-21(23-12)24-20(25-26)14-6-10-16(29-3)11-7-14/h4-11,18H,1-3H3,(H2,22,27)(H,23,24,25)/t18-/m0/s1. The highest BCUT2D eigenvalue weighted by molar-refractivity contribution is 5.95. The van der Waals surface area contributed by atoms with E-state index < -0.39 is 11.9 Å². The maximum absolute atomic E-state index is 12.3. The molecular formula is C21H21N5O3. The van der Waals surface area contributed by atoms with Gasteiger partial charge in [-0.2, -0.15) is 4.98 Å². The van der Waals surface area contributed by atoms with Crippen molar-refractivity contribution < 1.29 is 14.3 Å². The van der Waals surface area contributed by atoms with E-state index >= 15 is 0 Å². The third kappa shape index (κ3) is 3.29. The van der Waals surface area contributed by atoms with Crippen molar-refractivity contribution in [1.29, 1.82) is 0 Å². The molecular weight excluding hydrogens is 370 g/mol. The Kier molecular flexibility index (Phi) is 4.67. The fourth-order valence-electron chi connectivity index (χ4n) is 3.43. The number of nitrogens with one attached hydrogen (secondary N) is 1. The number of anilines is 1. The van der Waals surface area contributed by atoms with Gasteiger partial charge in [-0.1, -0.05) is 12.1 Å². The highest BCUT2D eigenvalue weighted by Crippen LogP contribution is 2.36. The van der Waals surface area contributed by atoms with Crippen molar-refractivity contribution in [2.24, 2.45) is 5.73 Å². The summed E-state index contributed by atoms with van der Waals surface area (Å²) in [5, 5.41) is 7.82. The normalized spacial score (nSPS) is 15.5. The lowest BCUT2D eigenvalue weighted by Crippen LogP contribution is -2.31. The molecule has 0 saturated carbocycles. The molecule has 1 aliphatic heterocycles. The minimum atomic E-state index is -0.511. The van der Waals surface area contributed by atoms with Gasteiger partial charge in [0.2, 0.25) is 11.9 Å². The van der Waals surface area contributed by atoms with Crippen molar-refractivity contribution in [3.63, 3.8) is 0 Å². The zero-order chi connectivity index (χ0) is 20.5. The molecule has 0 unspecified atom stereocenters. The average Bonchev–Trinajstić information content (AvgIpc) is 3.16. The van der Waals surface area contributed by atoms with Crippen LogP contribution in [0.1, 0.15) is 18.5 Å². The number of methoxy groups -OCH3 is 2. The predicted octanol–water partition coefficient (Wildman–Crippen LogP) is 2.74. The molecule has 0 spiro atoms. The molecule has 0 radical (unpaired) electrons. The van der Waals surface area contributed by atoms with Gasteiger partial charge in [-0.05, 0) is 48.9 Å². The molecule has 3 N–H and O–H groups in total. The van der Waals surface area contributed by atoms with Gasteiger partial charge < -0.3 is 20.5 Å². The third-order valence-electron chi connectivity index (χ3n) is 4.90. The molecule has 1 aromatic heterocycles. The van der Waals surface area contributed by atoms with Gasteiger partial charge in [0.05, 0.1) is 19.8 Å². The molecule has 3 aromatic rings. The zero-order valence-corrected chi connectivity index (χ0v) is 16.3. The number of nitrogens with zero attached hydrogens (tertiary/aromatic N) is 3. The van der Waals surface area contributed by atoms with Crippen LogP contribution >= 0.6 is 0 Å². The smallest absolute Gasteiger partial charge is 0.248 e. The van der Waals surface area contributed by atoms with Crippen LogP contribution < -0.4 is 20.5 Å². The Morgan fingerprint density at radius 3 is 2.17 bits per heavy atom. The predicted molar refractivity (Wildman–Crippen MR) is 109 cm³/mol. The second kappa shape index (κ2) is 7.31. The summed E-state index contributed by atoms with van der Waals surface area (Å²) in [6, 6.07) is 14.4. The Morgan fingerprint density at radius 2 is 1.62 bits per heavy atom. The topological polar surface area (TPSA) is 104 Å². The average molecular weight is 391 g/mol. The summed E-state index contributed by atoms with van der Waals surface area (Å²) < 4.78 is 12.1. The van der Waals surface area contributed by atoms with Crippen LogP contribution in [0.5, 0.6) is 11.5 Å². The van der Waals surface area contributed by atoms with Crippen LogP contribution in [0.25, 0.3) is 11.4 Å². The monoisotopic (exact) mass is 391 g/mol. The first-order valence-electron chi connectivity index (χ1n) is 9.04. The molecule has 8 heteroatoms. The Balaban J connectivity index is 1.82. The van der Waals surface area contributed by atoms with Crippen molar-refractivity contribution in [1.82, 2.24) is 14.8 Å². The van der Waals surface area contributed by atoms with E-state index in [1.54, 1.807) is 18.9 Å². The first kappa shape index (κ1) is 18.5. The molecule has 0 aliphatic carbocycles. The Labute approximate surface area is 168 Å². The fraction of sp³-hybridized carbons (Fsp3) is 0.190. The van der Waals surface area contributed by atoms with Gasteiger partial charge in [-0.3, -0.25) is 4.79 Å². The van der Waals surface area contributed by atoms with E-state index in [2.05, 4.69) is 15.4 Å². The van der Waals surface area contributed by atoms with Gasteiger partial charge >= 0.3 is 0 Å². The number of rotatable bonds is 5. The van der Waals surface area contributed by atoms with Crippen LogP contribution in [0.4, 0.5) is 5.95 Å². The van der Waals surface area contributed by atoms with Gasteiger partial charge in [0.15, 0.2) is 5.82 Å². The lowest BCUT2D eigenvalue weighted by molar-refractivity contribution is -0.115. The number of fused-ring (bicyclic) bond motifs is 1. The molecule has 4 rings (SSSR count). The number of aromatic nitrogens is 3. The summed E-state index contributed by atoms with van der Waals surface area (Å²) in [6.45, 7) is 1.81. The van der Waals surface area contributed by atoms with Gasteiger partial charge in [0, 0.05) is 11.3 Å². The Morgan fingerprint density at radius 1 is 1.03 bits per heavy atom. The van der Waals surface area contributed by atoms with Gasteiger partial charge in [-0.15, -0.1) is 5.10 Å². The van der Waals surface area contributed by atoms with Crippen LogP contribution in [-0.4, -0.2) is 34.9 Å². The van der Waals surface area contributed by atoms with E-state index in [0.29, 0.717) is 23.0 Å². The number of hydrogen-bond donors (Lipinski definition) is 2. The molecule has 2 heterocycles. The van der Waals surface area contributed by atoms with Crippen LogP contribution in [0.15, 0.2) is 59.8 Å². The molecule has 0 fully saturated rings. The Hall–Kier alpha value is -3.81. The van der Waals surface area contributed by atoms with Gasteiger partial charge in [-0.25, -0.2) is 4.68 Å². The minimum absolute atomic E-state index is 0.439. The number of benzene rings is 2.